The third-order valence-electron chi connectivity index (χ3n) is 2.52. The molecular weight excluding hydrogens is 270 g/mol. The Bertz CT molecular complexity index is 440. The van der Waals surface area contributed by atoms with Crippen LogP contribution in [0, 0.1) is 10.1 Å². The van der Waals surface area contributed by atoms with Gasteiger partial charge in [-0.1, -0.05) is 12.1 Å². The lowest BCUT2D eigenvalue weighted by atomic mass is 10.1. The van der Waals surface area contributed by atoms with Crippen molar-refractivity contribution in [3.63, 3.8) is 0 Å². The maximum Gasteiger partial charge on any atom is 0.269 e. The maximum atomic E-state index is 11.5. The van der Waals surface area contributed by atoms with Crippen LogP contribution in [0.15, 0.2) is 24.3 Å². The van der Waals surface area contributed by atoms with E-state index < -0.39 is 4.92 Å². The third-order valence-corrected chi connectivity index (χ3v) is 2.52. The summed E-state index contributed by atoms with van der Waals surface area (Å²) in [6.45, 7) is 2.22. The molecule has 0 aromatic heterocycles. The molecule has 19 heavy (non-hydrogen) atoms. The Kier molecular flexibility index (Phi) is 7.71. The van der Waals surface area contributed by atoms with E-state index in [0.717, 1.165) is 5.56 Å². The number of amides is 1. The molecule has 6 nitrogen and oxygen atoms in total. The van der Waals surface area contributed by atoms with Gasteiger partial charge in [0, 0.05) is 31.1 Å². The largest absolute Gasteiger partial charge is 0.352 e. The fourth-order valence-corrected chi connectivity index (χ4v) is 1.49. The Labute approximate surface area is 117 Å². The molecule has 1 aromatic rings. The van der Waals surface area contributed by atoms with E-state index in [1.54, 1.807) is 12.1 Å². The summed E-state index contributed by atoms with van der Waals surface area (Å²) in [5.41, 5.74) is 6.21. The van der Waals surface area contributed by atoms with Crippen LogP contribution in [0.25, 0.3) is 0 Å². The molecule has 0 radical (unpaired) electrons. The van der Waals surface area contributed by atoms with Gasteiger partial charge in [0.1, 0.15) is 0 Å². The molecule has 0 aliphatic rings. The summed E-state index contributed by atoms with van der Waals surface area (Å²) in [6, 6.07) is 6.25. The van der Waals surface area contributed by atoms with Gasteiger partial charge < -0.3 is 11.1 Å². The van der Waals surface area contributed by atoms with Crippen LogP contribution in [0.2, 0.25) is 0 Å². The summed E-state index contributed by atoms with van der Waals surface area (Å²) in [5, 5.41) is 13.3. The lowest BCUT2D eigenvalue weighted by Crippen LogP contribution is -2.37. The molecule has 0 saturated heterocycles. The van der Waals surface area contributed by atoms with Gasteiger partial charge in [0.25, 0.3) is 5.69 Å². The highest BCUT2D eigenvalue weighted by Gasteiger charge is 2.08. The molecule has 0 unspecified atom stereocenters. The number of hydrogen-bond acceptors (Lipinski definition) is 4. The topological polar surface area (TPSA) is 98.3 Å². The zero-order valence-corrected chi connectivity index (χ0v) is 11.5. The first-order chi connectivity index (χ1) is 8.52. The molecular formula is C12H18ClN3O3. The smallest absolute Gasteiger partial charge is 0.269 e. The van der Waals surface area contributed by atoms with Crippen molar-refractivity contribution in [2.24, 2.45) is 5.73 Å². The molecule has 0 saturated carbocycles. The Morgan fingerprint density at radius 3 is 2.79 bits per heavy atom. The molecule has 0 bridgehead atoms. The van der Waals surface area contributed by atoms with Gasteiger partial charge in [-0.05, 0) is 18.9 Å². The fraction of sp³-hybridized carbons (Fsp3) is 0.417. The molecule has 0 fully saturated rings. The van der Waals surface area contributed by atoms with E-state index in [9.17, 15) is 14.9 Å². The van der Waals surface area contributed by atoms with Crippen molar-refractivity contribution in [3.8, 4) is 0 Å². The molecule has 0 aliphatic heterocycles. The van der Waals surface area contributed by atoms with Crippen LogP contribution >= 0.6 is 12.4 Å². The molecule has 106 valence electrons. The molecule has 1 rings (SSSR count). The standard InChI is InChI=1S/C12H17N3O3.ClH/c1-9(8-13)14-12(16)6-5-10-3-2-4-11(7-10)15(17)18;/h2-4,7,9H,5-6,8,13H2,1H3,(H,14,16);1H/t9-;/m0./s1. The first-order valence-corrected chi connectivity index (χ1v) is 5.75. The van der Waals surface area contributed by atoms with E-state index in [1.165, 1.54) is 12.1 Å². The molecule has 0 spiro atoms. The van der Waals surface area contributed by atoms with Crippen LogP contribution in [-0.4, -0.2) is 23.4 Å². The summed E-state index contributed by atoms with van der Waals surface area (Å²) >= 11 is 0. The lowest BCUT2D eigenvalue weighted by molar-refractivity contribution is -0.384. The van der Waals surface area contributed by atoms with Gasteiger partial charge in [-0.3, -0.25) is 14.9 Å². The molecule has 1 atom stereocenters. The van der Waals surface area contributed by atoms with Gasteiger partial charge in [0.2, 0.25) is 5.91 Å². The van der Waals surface area contributed by atoms with Crippen molar-refractivity contribution in [1.82, 2.24) is 5.32 Å². The molecule has 1 amide bonds. The Morgan fingerprint density at radius 1 is 1.53 bits per heavy atom. The van der Waals surface area contributed by atoms with Gasteiger partial charge in [0.05, 0.1) is 4.92 Å². The number of halogens is 1. The molecule has 7 heteroatoms. The van der Waals surface area contributed by atoms with Crippen molar-refractivity contribution in [2.45, 2.75) is 25.8 Å². The number of hydrogen-bond donors (Lipinski definition) is 2. The van der Waals surface area contributed by atoms with Crippen LogP contribution < -0.4 is 11.1 Å². The predicted octanol–water partition coefficient (Wildman–Crippen LogP) is 1.41. The number of nitrogens with one attached hydrogen (secondary N) is 1. The number of carbonyl (C=O) groups excluding carboxylic acids is 1. The number of aryl methyl sites for hydroxylation is 1. The number of nitro benzene ring substituents is 1. The van der Waals surface area contributed by atoms with Gasteiger partial charge in [0.15, 0.2) is 0 Å². The molecule has 0 heterocycles. The van der Waals surface area contributed by atoms with Crippen LogP contribution in [0.4, 0.5) is 5.69 Å². The molecule has 3 N–H and O–H groups in total. The van der Waals surface area contributed by atoms with E-state index in [2.05, 4.69) is 5.32 Å². The molecule has 0 aliphatic carbocycles. The fourth-order valence-electron chi connectivity index (χ4n) is 1.49. The van der Waals surface area contributed by atoms with E-state index in [1.807, 2.05) is 6.92 Å². The average molecular weight is 288 g/mol. The van der Waals surface area contributed by atoms with Gasteiger partial charge in [-0.25, -0.2) is 0 Å². The zero-order valence-electron chi connectivity index (χ0n) is 10.7. The van der Waals surface area contributed by atoms with Crippen molar-refractivity contribution in [3.05, 3.63) is 39.9 Å². The van der Waals surface area contributed by atoms with Crippen molar-refractivity contribution in [1.29, 1.82) is 0 Å². The van der Waals surface area contributed by atoms with Gasteiger partial charge >= 0.3 is 0 Å². The SMILES string of the molecule is C[C@@H](CN)NC(=O)CCc1cccc([N+](=O)[O-])c1.Cl. The number of nitrogens with zero attached hydrogens (tertiary/aromatic N) is 1. The van der Waals surface area contributed by atoms with Crippen molar-refractivity contribution in [2.75, 3.05) is 6.54 Å². The van der Waals surface area contributed by atoms with Crippen LogP contribution in [0.1, 0.15) is 18.9 Å². The third kappa shape index (κ3) is 6.17. The Hall–Kier alpha value is -1.66. The predicted molar refractivity (Wildman–Crippen MR) is 75.3 cm³/mol. The number of nitro groups is 1. The number of non-ortho nitro benzene ring substituents is 1. The number of nitrogens with two attached hydrogens (primary N) is 1. The summed E-state index contributed by atoms with van der Waals surface area (Å²) in [7, 11) is 0. The van der Waals surface area contributed by atoms with Crippen molar-refractivity contribution < 1.29 is 9.72 Å². The van der Waals surface area contributed by atoms with E-state index in [0.29, 0.717) is 19.4 Å². The van der Waals surface area contributed by atoms with E-state index >= 15 is 0 Å². The number of rotatable bonds is 6. The highest BCUT2D eigenvalue weighted by atomic mass is 35.5. The van der Waals surface area contributed by atoms with E-state index in [-0.39, 0.29) is 30.0 Å². The van der Waals surface area contributed by atoms with Gasteiger partial charge in [-0.15, -0.1) is 12.4 Å². The summed E-state index contributed by atoms with van der Waals surface area (Å²) in [5.74, 6) is -0.0977. The lowest BCUT2D eigenvalue weighted by Gasteiger charge is -2.10. The van der Waals surface area contributed by atoms with Crippen LogP contribution in [-0.2, 0) is 11.2 Å². The second-order valence-electron chi connectivity index (χ2n) is 4.13. The Morgan fingerprint density at radius 2 is 2.21 bits per heavy atom. The normalized spacial score (nSPS) is 11.3. The quantitative estimate of drug-likeness (QED) is 0.610. The maximum absolute atomic E-state index is 11.5. The minimum Gasteiger partial charge on any atom is -0.352 e. The Balaban J connectivity index is 0.00000324. The second kappa shape index (κ2) is 8.44. The second-order valence-corrected chi connectivity index (χ2v) is 4.13. The van der Waals surface area contributed by atoms with Crippen LogP contribution in [0.5, 0.6) is 0 Å². The zero-order chi connectivity index (χ0) is 13.5. The summed E-state index contributed by atoms with van der Waals surface area (Å²) in [6.07, 6.45) is 0.774. The minimum atomic E-state index is -0.444. The monoisotopic (exact) mass is 287 g/mol. The minimum absolute atomic E-state index is 0. The van der Waals surface area contributed by atoms with Gasteiger partial charge in [-0.2, -0.15) is 0 Å². The summed E-state index contributed by atoms with van der Waals surface area (Å²) in [4.78, 5) is 21.6. The average Bonchev–Trinajstić information content (AvgIpc) is 2.36. The molecule has 1 aromatic carbocycles. The first kappa shape index (κ1) is 17.3. The summed E-state index contributed by atoms with van der Waals surface area (Å²) < 4.78 is 0. The highest BCUT2D eigenvalue weighted by molar-refractivity contribution is 5.85. The highest BCUT2D eigenvalue weighted by Crippen LogP contribution is 2.14. The first-order valence-electron chi connectivity index (χ1n) is 5.75. The number of benzene rings is 1. The van der Waals surface area contributed by atoms with Crippen molar-refractivity contribution >= 4 is 24.0 Å². The van der Waals surface area contributed by atoms with Crippen LogP contribution in [0.3, 0.4) is 0 Å². The van der Waals surface area contributed by atoms with E-state index in [4.69, 9.17) is 5.73 Å². The number of carbonyl (C=O) groups is 1.